The van der Waals surface area contributed by atoms with Gasteiger partial charge in [0.1, 0.15) is 10.7 Å². The van der Waals surface area contributed by atoms with Crippen molar-refractivity contribution in [1.82, 2.24) is 4.31 Å². The van der Waals surface area contributed by atoms with Crippen molar-refractivity contribution < 1.29 is 12.8 Å². The van der Waals surface area contributed by atoms with Crippen LogP contribution in [0.4, 0.5) is 10.1 Å². The van der Waals surface area contributed by atoms with Crippen molar-refractivity contribution >= 4 is 31.6 Å². The maximum Gasteiger partial charge on any atom is 0.245 e. The van der Waals surface area contributed by atoms with Crippen LogP contribution in [0.25, 0.3) is 0 Å². The van der Waals surface area contributed by atoms with E-state index in [1.165, 1.54) is 10.4 Å². The molecule has 0 spiro atoms. The van der Waals surface area contributed by atoms with Crippen LogP contribution in [0.1, 0.15) is 26.2 Å². The average molecular weight is 351 g/mol. The highest BCUT2D eigenvalue weighted by Crippen LogP contribution is 2.32. The van der Waals surface area contributed by atoms with E-state index in [-0.39, 0.29) is 21.1 Å². The Morgan fingerprint density at radius 2 is 2.21 bits per heavy atom. The minimum Gasteiger partial charge on any atom is -0.398 e. The average Bonchev–Trinajstić information content (AvgIpc) is 2.82. The van der Waals surface area contributed by atoms with Crippen molar-refractivity contribution in [3.05, 3.63) is 22.4 Å². The second-order valence-corrected chi connectivity index (χ2v) is 7.34. The largest absolute Gasteiger partial charge is 0.398 e. The second-order valence-electron chi connectivity index (χ2n) is 4.62. The molecule has 19 heavy (non-hydrogen) atoms. The van der Waals surface area contributed by atoms with Gasteiger partial charge in [-0.3, -0.25) is 0 Å². The van der Waals surface area contributed by atoms with E-state index in [0.717, 1.165) is 25.3 Å². The first-order chi connectivity index (χ1) is 8.87. The maximum absolute atomic E-state index is 13.3. The van der Waals surface area contributed by atoms with Gasteiger partial charge < -0.3 is 5.73 Å². The smallest absolute Gasteiger partial charge is 0.245 e. The molecule has 0 amide bonds. The zero-order valence-corrected chi connectivity index (χ0v) is 13.0. The molecule has 0 bridgehead atoms. The minimum absolute atomic E-state index is 0.00762. The molecule has 1 aromatic carbocycles. The summed E-state index contributed by atoms with van der Waals surface area (Å²) in [6, 6.07) is 2.28. The summed E-state index contributed by atoms with van der Waals surface area (Å²) in [4.78, 5) is -0.0267. The summed E-state index contributed by atoms with van der Waals surface area (Å²) in [5.41, 5.74) is 5.61. The lowest BCUT2D eigenvalue weighted by Gasteiger charge is -2.23. The zero-order valence-electron chi connectivity index (χ0n) is 10.6. The molecule has 7 heteroatoms. The van der Waals surface area contributed by atoms with Gasteiger partial charge in [-0.2, -0.15) is 4.31 Å². The highest BCUT2D eigenvalue weighted by atomic mass is 79.9. The number of nitrogens with two attached hydrogens (primary N) is 1. The molecule has 2 N–H and O–H groups in total. The fourth-order valence-electron chi connectivity index (χ4n) is 2.43. The van der Waals surface area contributed by atoms with Gasteiger partial charge >= 0.3 is 0 Å². The molecule has 4 nitrogen and oxygen atoms in total. The molecule has 1 unspecified atom stereocenters. The van der Waals surface area contributed by atoms with E-state index in [2.05, 4.69) is 15.9 Å². The van der Waals surface area contributed by atoms with Gasteiger partial charge in [0.05, 0.1) is 10.2 Å². The molecular weight excluding hydrogens is 335 g/mol. The van der Waals surface area contributed by atoms with E-state index in [0.29, 0.717) is 6.54 Å². The van der Waals surface area contributed by atoms with E-state index < -0.39 is 15.8 Å². The van der Waals surface area contributed by atoms with Crippen LogP contribution in [0.15, 0.2) is 21.5 Å². The van der Waals surface area contributed by atoms with Crippen molar-refractivity contribution in [1.29, 1.82) is 0 Å². The van der Waals surface area contributed by atoms with Crippen molar-refractivity contribution in [2.75, 3.05) is 12.3 Å². The molecular formula is C12H16BrFN2O2S. The molecule has 0 aliphatic carbocycles. The Kier molecular flexibility index (Phi) is 4.17. The summed E-state index contributed by atoms with van der Waals surface area (Å²) < 4.78 is 40.1. The number of nitrogens with zero attached hydrogens (tertiary/aromatic N) is 1. The third-order valence-corrected chi connectivity index (χ3v) is 6.05. The summed E-state index contributed by atoms with van der Waals surface area (Å²) in [5, 5.41) is 0. The van der Waals surface area contributed by atoms with Crippen LogP contribution >= 0.6 is 15.9 Å². The first kappa shape index (κ1) is 14.7. The Hall–Kier alpha value is -0.660. The predicted molar refractivity (Wildman–Crippen MR) is 75.7 cm³/mol. The topological polar surface area (TPSA) is 63.4 Å². The number of anilines is 1. The normalized spacial score (nSPS) is 20.9. The molecule has 1 fully saturated rings. The molecule has 106 valence electrons. The van der Waals surface area contributed by atoms with Gasteiger partial charge in [-0.15, -0.1) is 0 Å². The van der Waals surface area contributed by atoms with Gasteiger partial charge in [-0.05, 0) is 47.3 Å². The fraction of sp³-hybridized carbons (Fsp3) is 0.500. The number of benzene rings is 1. The van der Waals surface area contributed by atoms with E-state index in [9.17, 15) is 12.8 Å². The third-order valence-electron chi connectivity index (χ3n) is 3.43. The maximum atomic E-state index is 13.3. The molecule has 1 heterocycles. The lowest BCUT2D eigenvalue weighted by atomic mass is 10.2. The van der Waals surface area contributed by atoms with E-state index in [1.807, 2.05) is 6.92 Å². The quantitative estimate of drug-likeness (QED) is 0.852. The number of halogens is 2. The Labute approximate surface area is 121 Å². The first-order valence-corrected chi connectivity index (χ1v) is 8.37. The van der Waals surface area contributed by atoms with E-state index >= 15 is 0 Å². The highest BCUT2D eigenvalue weighted by molar-refractivity contribution is 9.10. The van der Waals surface area contributed by atoms with Crippen molar-refractivity contribution in [2.45, 2.75) is 37.1 Å². The SMILES string of the molecule is CCC1CCCN1S(=O)(=O)c1cc(Br)c(F)cc1N. The fourth-order valence-corrected chi connectivity index (χ4v) is 4.81. The molecule has 0 aromatic heterocycles. The highest BCUT2D eigenvalue weighted by Gasteiger charge is 2.35. The van der Waals surface area contributed by atoms with Crippen LogP contribution in [-0.2, 0) is 10.0 Å². The molecule has 1 atom stereocenters. The first-order valence-electron chi connectivity index (χ1n) is 6.14. The van der Waals surface area contributed by atoms with Gasteiger partial charge in [-0.1, -0.05) is 6.92 Å². The van der Waals surface area contributed by atoms with E-state index in [1.54, 1.807) is 0 Å². The molecule has 1 saturated heterocycles. The number of sulfonamides is 1. The van der Waals surface area contributed by atoms with Crippen LogP contribution < -0.4 is 5.73 Å². The number of rotatable bonds is 3. The third kappa shape index (κ3) is 2.64. The molecule has 1 aromatic rings. The van der Waals surface area contributed by atoms with Crippen LogP contribution in [0.2, 0.25) is 0 Å². The summed E-state index contributed by atoms with van der Waals surface area (Å²) in [5.74, 6) is -0.565. The zero-order chi connectivity index (χ0) is 14.2. The summed E-state index contributed by atoms with van der Waals surface area (Å²) in [6.45, 7) is 2.46. The Morgan fingerprint density at radius 1 is 1.53 bits per heavy atom. The van der Waals surface area contributed by atoms with Crippen LogP contribution in [0.5, 0.6) is 0 Å². The second kappa shape index (κ2) is 5.38. The van der Waals surface area contributed by atoms with Gasteiger partial charge in [0.25, 0.3) is 0 Å². The Morgan fingerprint density at radius 3 is 2.84 bits per heavy atom. The number of hydrogen-bond acceptors (Lipinski definition) is 3. The van der Waals surface area contributed by atoms with Gasteiger partial charge in [0, 0.05) is 12.6 Å². The summed E-state index contributed by atoms with van der Waals surface area (Å²) in [6.07, 6.45) is 2.47. The summed E-state index contributed by atoms with van der Waals surface area (Å²) in [7, 11) is -3.66. The standard InChI is InChI=1S/C12H16BrFN2O2S/c1-2-8-4-3-5-16(8)19(17,18)12-6-9(13)10(14)7-11(12)15/h6-8H,2-5,15H2,1H3. The van der Waals surface area contributed by atoms with Gasteiger partial charge in [0.2, 0.25) is 10.0 Å². The Balaban J connectivity index is 2.48. The van der Waals surface area contributed by atoms with Crippen LogP contribution in [-0.4, -0.2) is 25.3 Å². The van der Waals surface area contributed by atoms with Gasteiger partial charge in [-0.25, -0.2) is 12.8 Å². The molecule has 2 rings (SSSR count). The molecule has 1 aliphatic heterocycles. The monoisotopic (exact) mass is 350 g/mol. The molecule has 0 radical (unpaired) electrons. The predicted octanol–water partition coefficient (Wildman–Crippen LogP) is 2.73. The van der Waals surface area contributed by atoms with Crippen LogP contribution in [0.3, 0.4) is 0 Å². The van der Waals surface area contributed by atoms with Crippen molar-refractivity contribution in [3.63, 3.8) is 0 Å². The lowest BCUT2D eigenvalue weighted by Crippen LogP contribution is -2.35. The molecule has 1 aliphatic rings. The van der Waals surface area contributed by atoms with E-state index in [4.69, 9.17) is 5.73 Å². The Bertz CT molecular complexity index is 592. The molecule has 0 saturated carbocycles. The number of hydrogen-bond donors (Lipinski definition) is 1. The lowest BCUT2D eigenvalue weighted by molar-refractivity contribution is 0.380. The summed E-state index contributed by atoms with van der Waals surface area (Å²) >= 11 is 3.00. The minimum atomic E-state index is -3.66. The van der Waals surface area contributed by atoms with Crippen molar-refractivity contribution in [3.8, 4) is 0 Å². The number of nitrogen functional groups attached to an aromatic ring is 1. The van der Waals surface area contributed by atoms with Gasteiger partial charge in [0.15, 0.2) is 0 Å². The van der Waals surface area contributed by atoms with Crippen LogP contribution in [0, 0.1) is 5.82 Å². The van der Waals surface area contributed by atoms with Crippen molar-refractivity contribution in [2.24, 2.45) is 0 Å².